The standard InChI is InChI=1S/C21H30N2O5/c1-5-21(11-6-7-12-23(4)19(21)26)15-9-8-10-16(13-15)28-20(27)22-17(14(2)3)18(24)25/h8-10,13-14,17H,5-7,11-12H2,1-4H3,(H,22,27)(H,24,25)/t17-,21?/m0/s1. The zero-order valence-electron chi connectivity index (χ0n) is 17.0. The van der Waals surface area contributed by atoms with Gasteiger partial charge in [-0.25, -0.2) is 9.59 Å². The second-order valence-electron chi connectivity index (χ2n) is 7.74. The Hall–Kier alpha value is -2.57. The van der Waals surface area contributed by atoms with Gasteiger partial charge in [0.1, 0.15) is 11.8 Å². The van der Waals surface area contributed by atoms with Gasteiger partial charge in [-0.3, -0.25) is 4.79 Å². The number of nitrogens with zero attached hydrogens (tertiary/aromatic N) is 1. The Kier molecular flexibility index (Phi) is 7.05. The Morgan fingerprint density at radius 1 is 1.32 bits per heavy atom. The Morgan fingerprint density at radius 3 is 2.64 bits per heavy atom. The second-order valence-corrected chi connectivity index (χ2v) is 7.74. The summed E-state index contributed by atoms with van der Waals surface area (Å²) in [6.07, 6.45) is 2.49. The van der Waals surface area contributed by atoms with Crippen LogP contribution in [0.25, 0.3) is 0 Å². The monoisotopic (exact) mass is 390 g/mol. The van der Waals surface area contributed by atoms with E-state index in [1.807, 2.05) is 20.0 Å². The van der Waals surface area contributed by atoms with E-state index in [2.05, 4.69) is 5.32 Å². The first-order valence-corrected chi connectivity index (χ1v) is 9.78. The minimum Gasteiger partial charge on any atom is -0.480 e. The number of likely N-dealkylation sites (N-methyl/N-ethyl adjacent to an activating group) is 1. The van der Waals surface area contributed by atoms with Crippen LogP contribution in [0.5, 0.6) is 5.75 Å². The quantitative estimate of drug-likeness (QED) is 0.778. The summed E-state index contributed by atoms with van der Waals surface area (Å²) in [5, 5.41) is 11.6. The molecule has 1 aliphatic heterocycles. The predicted octanol–water partition coefficient (Wildman–Crippen LogP) is 3.17. The highest BCUT2D eigenvalue weighted by Gasteiger charge is 2.41. The predicted molar refractivity (Wildman–Crippen MR) is 105 cm³/mol. The minimum atomic E-state index is -1.11. The number of rotatable bonds is 6. The van der Waals surface area contributed by atoms with Crippen molar-refractivity contribution in [2.75, 3.05) is 13.6 Å². The molecular formula is C21H30N2O5. The van der Waals surface area contributed by atoms with Crippen LogP contribution in [0.2, 0.25) is 0 Å². The smallest absolute Gasteiger partial charge is 0.413 e. The third kappa shape index (κ3) is 4.64. The van der Waals surface area contributed by atoms with Gasteiger partial charge in [0.15, 0.2) is 0 Å². The van der Waals surface area contributed by atoms with Crippen LogP contribution in [0.1, 0.15) is 52.0 Å². The van der Waals surface area contributed by atoms with E-state index in [0.717, 1.165) is 31.4 Å². The summed E-state index contributed by atoms with van der Waals surface area (Å²) < 4.78 is 5.32. The molecule has 1 heterocycles. The third-order valence-corrected chi connectivity index (χ3v) is 5.51. The number of nitrogens with one attached hydrogen (secondary N) is 1. The van der Waals surface area contributed by atoms with Gasteiger partial charge in [-0.05, 0) is 42.9 Å². The maximum absolute atomic E-state index is 13.1. The van der Waals surface area contributed by atoms with Gasteiger partial charge in [-0.1, -0.05) is 39.3 Å². The molecule has 0 spiro atoms. The van der Waals surface area contributed by atoms with Crippen molar-refractivity contribution < 1.29 is 24.2 Å². The summed E-state index contributed by atoms with van der Waals surface area (Å²) in [6, 6.07) is 5.95. The average Bonchev–Trinajstić information content (AvgIpc) is 2.79. The first-order valence-electron chi connectivity index (χ1n) is 9.78. The lowest BCUT2D eigenvalue weighted by molar-refractivity contribution is -0.140. The van der Waals surface area contributed by atoms with Gasteiger partial charge in [0.25, 0.3) is 0 Å². The maximum Gasteiger partial charge on any atom is 0.413 e. The second kappa shape index (κ2) is 9.08. The SMILES string of the molecule is CCC1(c2cccc(OC(=O)N[C@H](C(=O)O)C(C)C)c2)CCCCN(C)C1=O. The molecule has 0 saturated carbocycles. The molecule has 1 fully saturated rings. The van der Waals surface area contributed by atoms with E-state index < -0.39 is 23.5 Å². The minimum absolute atomic E-state index is 0.0832. The summed E-state index contributed by atoms with van der Waals surface area (Å²) >= 11 is 0. The molecule has 0 aliphatic carbocycles. The number of hydrogen-bond acceptors (Lipinski definition) is 4. The molecule has 0 radical (unpaired) electrons. The average molecular weight is 390 g/mol. The Balaban J connectivity index is 2.24. The molecule has 2 rings (SSSR count). The number of carbonyl (C=O) groups is 3. The molecule has 2 atom stereocenters. The lowest BCUT2D eigenvalue weighted by atomic mass is 9.73. The summed E-state index contributed by atoms with van der Waals surface area (Å²) in [6.45, 7) is 6.15. The van der Waals surface area contributed by atoms with Gasteiger partial charge in [-0.15, -0.1) is 0 Å². The molecule has 1 aliphatic rings. The zero-order valence-corrected chi connectivity index (χ0v) is 17.0. The lowest BCUT2D eigenvalue weighted by Gasteiger charge is -2.33. The number of benzene rings is 1. The van der Waals surface area contributed by atoms with Crippen molar-refractivity contribution >= 4 is 18.0 Å². The first kappa shape index (κ1) is 21.7. The first-order chi connectivity index (χ1) is 13.2. The third-order valence-electron chi connectivity index (χ3n) is 5.51. The van der Waals surface area contributed by atoms with Crippen LogP contribution in [-0.2, 0) is 15.0 Å². The summed E-state index contributed by atoms with van der Waals surface area (Å²) in [7, 11) is 1.82. The highest BCUT2D eigenvalue weighted by molar-refractivity contribution is 5.88. The Bertz CT molecular complexity index is 733. The fourth-order valence-electron chi connectivity index (χ4n) is 3.78. The molecule has 1 unspecified atom stereocenters. The number of ether oxygens (including phenoxy) is 1. The van der Waals surface area contributed by atoms with E-state index in [9.17, 15) is 19.5 Å². The Labute approximate surface area is 166 Å². The van der Waals surface area contributed by atoms with Crippen LogP contribution in [0.15, 0.2) is 24.3 Å². The van der Waals surface area contributed by atoms with Crippen LogP contribution in [0, 0.1) is 5.92 Å². The van der Waals surface area contributed by atoms with E-state index in [-0.39, 0.29) is 17.6 Å². The molecule has 7 heteroatoms. The molecule has 28 heavy (non-hydrogen) atoms. The number of amides is 2. The molecule has 7 nitrogen and oxygen atoms in total. The summed E-state index contributed by atoms with van der Waals surface area (Å²) in [5.41, 5.74) is 0.181. The van der Waals surface area contributed by atoms with Gasteiger partial charge < -0.3 is 20.1 Å². The van der Waals surface area contributed by atoms with Crippen LogP contribution < -0.4 is 10.1 Å². The van der Waals surface area contributed by atoms with Crippen molar-refractivity contribution in [3.8, 4) is 5.75 Å². The number of carboxylic acids is 1. The summed E-state index contributed by atoms with van der Waals surface area (Å²) in [4.78, 5) is 38.3. The van der Waals surface area contributed by atoms with Gasteiger partial charge in [0, 0.05) is 13.6 Å². The topological polar surface area (TPSA) is 95.9 Å². The lowest BCUT2D eigenvalue weighted by Crippen LogP contribution is -2.45. The highest BCUT2D eigenvalue weighted by atomic mass is 16.6. The van der Waals surface area contributed by atoms with Gasteiger partial charge in [0.05, 0.1) is 5.41 Å². The van der Waals surface area contributed by atoms with Crippen LogP contribution in [0.3, 0.4) is 0 Å². The number of carboxylic acid groups (broad SMARTS) is 1. The zero-order chi connectivity index (χ0) is 20.9. The van der Waals surface area contributed by atoms with Gasteiger partial charge in [0.2, 0.25) is 5.91 Å². The number of aliphatic carboxylic acids is 1. The van der Waals surface area contributed by atoms with Crippen molar-refractivity contribution in [1.29, 1.82) is 0 Å². The van der Waals surface area contributed by atoms with E-state index in [1.165, 1.54) is 0 Å². The number of carbonyl (C=O) groups excluding carboxylic acids is 2. The molecule has 0 bridgehead atoms. The van der Waals surface area contributed by atoms with Crippen molar-refractivity contribution in [3.05, 3.63) is 29.8 Å². The normalized spacial score (nSPS) is 21.2. The van der Waals surface area contributed by atoms with E-state index in [1.54, 1.807) is 36.9 Å². The van der Waals surface area contributed by atoms with E-state index in [0.29, 0.717) is 6.42 Å². The highest BCUT2D eigenvalue weighted by Crippen LogP contribution is 2.38. The molecule has 154 valence electrons. The van der Waals surface area contributed by atoms with Crippen molar-refractivity contribution in [3.63, 3.8) is 0 Å². The summed E-state index contributed by atoms with van der Waals surface area (Å²) in [5.74, 6) is -1.02. The molecule has 1 saturated heterocycles. The number of likely N-dealkylation sites (tertiary alicyclic amines) is 1. The molecule has 0 aromatic heterocycles. The fourth-order valence-corrected chi connectivity index (χ4v) is 3.78. The molecule has 2 amide bonds. The molecule has 2 N–H and O–H groups in total. The van der Waals surface area contributed by atoms with Crippen molar-refractivity contribution in [2.24, 2.45) is 5.92 Å². The molecule has 1 aromatic carbocycles. The van der Waals surface area contributed by atoms with Crippen LogP contribution >= 0.6 is 0 Å². The van der Waals surface area contributed by atoms with Crippen LogP contribution in [-0.4, -0.2) is 47.6 Å². The van der Waals surface area contributed by atoms with Crippen molar-refractivity contribution in [2.45, 2.75) is 57.9 Å². The fraction of sp³-hybridized carbons (Fsp3) is 0.571. The molecule has 1 aromatic rings. The van der Waals surface area contributed by atoms with Gasteiger partial charge >= 0.3 is 12.1 Å². The Morgan fingerprint density at radius 2 is 2.04 bits per heavy atom. The van der Waals surface area contributed by atoms with E-state index >= 15 is 0 Å². The van der Waals surface area contributed by atoms with E-state index in [4.69, 9.17) is 4.74 Å². The largest absolute Gasteiger partial charge is 0.480 e. The number of hydrogen-bond donors (Lipinski definition) is 2. The van der Waals surface area contributed by atoms with Crippen molar-refractivity contribution in [1.82, 2.24) is 10.2 Å². The maximum atomic E-state index is 13.1. The molecular weight excluding hydrogens is 360 g/mol. The van der Waals surface area contributed by atoms with Crippen LogP contribution in [0.4, 0.5) is 4.79 Å². The van der Waals surface area contributed by atoms with Gasteiger partial charge in [-0.2, -0.15) is 0 Å².